The number of rotatable bonds is 3. The van der Waals surface area contributed by atoms with Gasteiger partial charge >= 0.3 is 0 Å². The van der Waals surface area contributed by atoms with Crippen LogP contribution in [0.25, 0.3) is 0 Å². The molecule has 0 unspecified atom stereocenters. The van der Waals surface area contributed by atoms with Gasteiger partial charge in [-0.15, -0.1) is 0 Å². The summed E-state index contributed by atoms with van der Waals surface area (Å²) in [6, 6.07) is 10.8. The van der Waals surface area contributed by atoms with Crippen molar-refractivity contribution in [2.45, 2.75) is 34.2 Å². The highest BCUT2D eigenvalue weighted by molar-refractivity contribution is 9.10. The summed E-state index contributed by atoms with van der Waals surface area (Å²) < 4.78 is 1.14. The van der Waals surface area contributed by atoms with Crippen LogP contribution in [-0.4, -0.2) is 0 Å². The van der Waals surface area contributed by atoms with Crippen molar-refractivity contribution in [1.82, 2.24) is 0 Å². The van der Waals surface area contributed by atoms with Gasteiger partial charge in [-0.05, 0) is 77.5 Å². The predicted molar refractivity (Wildman–Crippen MR) is 86.9 cm³/mol. The van der Waals surface area contributed by atoms with Gasteiger partial charge in [0.2, 0.25) is 0 Å². The average Bonchev–Trinajstić information content (AvgIpc) is 2.31. The van der Waals surface area contributed by atoms with Crippen LogP contribution < -0.4 is 5.32 Å². The molecule has 0 saturated carbocycles. The summed E-state index contributed by atoms with van der Waals surface area (Å²) in [5, 5.41) is 3.56. The first kappa shape index (κ1) is 14.1. The summed E-state index contributed by atoms with van der Waals surface area (Å²) in [6.07, 6.45) is 0. The molecule has 19 heavy (non-hydrogen) atoms. The summed E-state index contributed by atoms with van der Waals surface area (Å²) in [5.74, 6) is 0. The SMILES string of the molecule is Cc1cc(C)c(NCc2c(C)cccc2C)c(Br)c1. The van der Waals surface area contributed by atoms with Crippen LogP contribution in [0, 0.1) is 27.7 Å². The molecular formula is C17H20BrN. The summed E-state index contributed by atoms with van der Waals surface area (Å²) in [7, 11) is 0. The lowest BCUT2D eigenvalue weighted by atomic mass is 10.0. The van der Waals surface area contributed by atoms with Gasteiger partial charge in [-0.2, -0.15) is 0 Å². The Kier molecular flexibility index (Phi) is 4.31. The molecule has 100 valence electrons. The lowest BCUT2D eigenvalue weighted by Gasteiger charge is -2.15. The molecule has 0 bridgehead atoms. The fraction of sp³-hybridized carbons (Fsp3) is 0.294. The van der Waals surface area contributed by atoms with Crippen LogP contribution in [0.3, 0.4) is 0 Å². The molecule has 0 fully saturated rings. The second kappa shape index (κ2) is 5.79. The zero-order valence-electron chi connectivity index (χ0n) is 12.0. The van der Waals surface area contributed by atoms with Crippen molar-refractivity contribution in [3.05, 3.63) is 62.6 Å². The Morgan fingerprint density at radius 2 is 1.58 bits per heavy atom. The van der Waals surface area contributed by atoms with Gasteiger partial charge in [0.1, 0.15) is 0 Å². The Balaban J connectivity index is 2.24. The van der Waals surface area contributed by atoms with Gasteiger partial charge in [0.05, 0.1) is 5.69 Å². The van der Waals surface area contributed by atoms with E-state index in [1.54, 1.807) is 0 Å². The Labute approximate surface area is 124 Å². The van der Waals surface area contributed by atoms with Crippen molar-refractivity contribution in [3.8, 4) is 0 Å². The molecule has 1 nitrogen and oxygen atoms in total. The van der Waals surface area contributed by atoms with Crippen molar-refractivity contribution in [2.24, 2.45) is 0 Å². The molecule has 0 saturated heterocycles. The first-order valence-corrected chi connectivity index (χ1v) is 7.34. The first-order valence-electron chi connectivity index (χ1n) is 6.54. The highest BCUT2D eigenvalue weighted by atomic mass is 79.9. The minimum absolute atomic E-state index is 0.862. The number of aryl methyl sites for hydroxylation is 4. The molecule has 0 radical (unpaired) electrons. The van der Waals surface area contributed by atoms with Gasteiger partial charge in [0, 0.05) is 11.0 Å². The maximum absolute atomic E-state index is 3.65. The van der Waals surface area contributed by atoms with E-state index in [1.807, 2.05) is 0 Å². The molecule has 0 amide bonds. The van der Waals surface area contributed by atoms with Gasteiger partial charge in [0.25, 0.3) is 0 Å². The van der Waals surface area contributed by atoms with E-state index in [0.29, 0.717) is 0 Å². The lowest BCUT2D eigenvalue weighted by Crippen LogP contribution is -2.05. The van der Waals surface area contributed by atoms with E-state index in [4.69, 9.17) is 0 Å². The molecule has 2 aromatic rings. The Morgan fingerprint density at radius 3 is 2.16 bits per heavy atom. The second-order valence-electron chi connectivity index (χ2n) is 5.16. The van der Waals surface area contributed by atoms with E-state index in [9.17, 15) is 0 Å². The number of halogens is 1. The normalized spacial score (nSPS) is 10.6. The van der Waals surface area contributed by atoms with Crippen molar-refractivity contribution >= 4 is 21.6 Å². The topological polar surface area (TPSA) is 12.0 Å². The van der Waals surface area contributed by atoms with Crippen molar-refractivity contribution in [1.29, 1.82) is 0 Å². The van der Waals surface area contributed by atoms with Crippen LogP contribution in [0.4, 0.5) is 5.69 Å². The number of anilines is 1. The van der Waals surface area contributed by atoms with E-state index < -0.39 is 0 Å². The fourth-order valence-corrected chi connectivity index (χ4v) is 3.26. The van der Waals surface area contributed by atoms with E-state index in [-0.39, 0.29) is 0 Å². The Bertz CT molecular complexity index is 559. The third kappa shape index (κ3) is 3.19. The minimum atomic E-state index is 0.862. The van der Waals surface area contributed by atoms with Gasteiger partial charge in [0.15, 0.2) is 0 Å². The van der Waals surface area contributed by atoms with E-state index in [2.05, 4.69) is 79.3 Å². The number of hydrogen-bond donors (Lipinski definition) is 1. The molecule has 0 aromatic heterocycles. The van der Waals surface area contributed by atoms with E-state index in [1.165, 1.54) is 33.5 Å². The molecule has 0 aliphatic carbocycles. The largest absolute Gasteiger partial charge is 0.380 e. The Hall–Kier alpha value is -1.28. The van der Waals surface area contributed by atoms with Crippen LogP contribution >= 0.6 is 15.9 Å². The summed E-state index contributed by atoms with van der Waals surface area (Å²) in [5.41, 5.74) is 7.81. The predicted octanol–water partition coefficient (Wildman–Crippen LogP) is 5.29. The Morgan fingerprint density at radius 1 is 0.947 bits per heavy atom. The van der Waals surface area contributed by atoms with Crippen molar-refractivity contribution in [2.75, 3.05) is 5.32 Å². The van der Waals surface area contributed by atoms with E-state index in [0.717, 1.165) is 11.0 Å². The maximum atomic E-state index is 3.65. The van der Waals surface area contributed by atoms with Crippen molar-refractivity contribution in [3.63, 3.8) is 0 Å². The standard InChI is InChI=1S/C17H20BrN/c1-11-8-14(4)17(16(18)9-11)19-10-15-12(2)6-5-7-13(15)3/h5-9,19H,10H2,1-4H3. The highest BCUT2D eigenvalue weighted by Gasteiger charge is 2.07. The molecule has 0 spiro atoms. The molecule has 0 atom stereocenters. The zero-order chi connectivity index (χ0) is 14.0. The van der Waals surface area contributed by atoms with Crippen LogP contribution in [0.5, 0.6) is 0 Å². The van der Waals surface area contributed by atoms with Crippen LogP contribution in [-0.2, 0) is 6.54 Å². The zero-order valence-corrected chi connectivity index (χ0v) is 13.6. The monoisotopic (exact) mass is 317 g/mol. The number of hydrogen-bond acceptors (Lipinski definition) is 1. The van der Waals surface area contributed by atoms with E-state index >= 15 is 0 Å². The second-order valence-corrected chi connectivity index (χ2v) is 6.02. The molecule has 0 aliphatic rings. The minimum Gasteiger partial charge on any atom is -0.380 e. The quantitative estimate of drug-likeness (QED) is 0.810. The fourth-order valence-electron chi connectivity index (χ4n) is 2.44. The molecule has 1 N–H and O–H groups in total. The summed E-state index contributed by atoms with van der Waals surface area (Å²) in [6.45, 7) is 9.46. The molecule has 0 heterocycles. The lowest BCUT2D eigenvalue weighted by molar-refractivity contribution is 1.08. The molecule has 0 aliphatic heterocycles. The summed E-state index contributed by atoms with van der Waals surface area (Å²) in [4.78, 5) is 0. The highest BCUT2D eigenvalue weighted by Crippen LogP contribution is 2.28. The summed E-state index contributed by atoms with van der Waals surface area (Å²) >= 11 is 3.65. The maximum Gasteiger partial charge on any atom is 0.0517 e. The van der Waals surface area contributed by atoms with Crippen molar-refractivity contribution < 1.29 is 0 Å². The third-order valence-electron chi connectivity index (χ3n) is 3.52. The van der Waals surface area contributed by atoms with Crippen LogP contribution in [0.2, 0.25) is 0 Å². The molecular weight excluding hydrogens is 298 g/mol. The molecule has 2 aromatic carbocycles. The molecule has 2 heteroatoms. The van der Waals surface area contributed by atoms with Gasteiger partial charge in [-0.3, -0.25) is 0 Å². The molecule has 2 rings (SSSR count). The van der Waals surface area contributed by atoms with Gasteiger partial charge in [-0.25, -0.2) is 0 Å². The average molecular weight is 318 g/mol. The van der Waals surface area contributed by atoms with Gasteiger partial charge in [-0.1, -0.05) is 24.3 Å². The van der Waals surface area contributed by atoms with Crippen LogP contribution in [0.15, 0.2) is 34.8 Å². The number of nitrogens with one attached hydrogen (secondary N) is 1. The van der Waals surface area contributed by atoms with Crippen LogP contribution in [0.1, 0.15) is 27.8 Å². The van der Waals surface area contributed by atoms with Gasteiger partial charge < -0.3 is 5.32 Å². The third-order valence-corrected chi connectivity index (χ3v) is 4.14. The smallest absolute Gasteiger partial charge is 0.0517 e. The first-order chi connectivity index (χ1) is 8.99. The number of benzene rings is 2.